The Kier molecular flexibility index (Phi) is 5.34. The van der Waals surface area contributed by atoms with Gasteiger partial charge in [-0.05, 0) is 19.1 Å². The molecule has 1 aromatic rings. The second-order valence-electron chi connectivity index (χ2n) is 3.74. The topological polar surface area (TPSA) is 71.3 Å². The fourth-order valence-electron chi connectivity index (χ4n) is 1.18. The monoisotopic (exact) mass is 288 g/mol. The van der Waals surface area contributed by atoms with Gasteiger partial charge in [0.15, 0.2) is 12.7 Å². The van der Waals surface area contributed by atoms with Gasteiger partial charge in [0.1, 0.15) is 11.8 Å². The number of halogens is 3. The molecule has 0 fully saturated rings. The molecule has 1 aromatic carbocycles. The highest BCUT2D eigenvalue weighted by Crippen LogP contribution is 2.18. The Hall–Kier alpha value is -2.27. The van der Waals surface area contributed by atoms with Gasteiger partial charge in [0.2, 0.25) is 0 Å². The zero-order valence-corrected chi connectivity index (χ0v) is 10.4. The van der Waals surface area contributed by atoms with Crippen molar-refractivity contribution in [3.05, 3.63) is 29.8 Å². The Morgan fingerprint density at radius 1 is 1.45 bits per heavy atom. The van der Waals surface area contributed by atoms with Crippen molar-refractivity contribution in [1.82, 2.24) is 5.48 Å². The smallest absolute Gasteiger partial charge is 0.414 e. The quantitative estimate of drug-likeness (QED) is 0.840. The van der Waals surface area contributed by atoms with Crippen LogP contribution in [0.5, 0.6) is 5.75 Å². The number of nitrogens with zero attached hydrogens (tertiary/aromatic N) is 1. The number of alkyl halides is 3. The molecule has 5 nitrogen and oxygen atoms in total. The van der Waals surface area contributed by atoms with Crippen LogP contribution < -0.4 is 10.2 Å². The Morgan fingerprint density at radius 2 is 2.10 bits per heavy atom. The summed E-state index contributed by atoms with van der Waals surface area (Å²) in [6.45, 7) is -0.277. The summed E-state index contributed by atoms with van der Waals surface area (Å²) in [5.41, 5.74) is 1.84. The Labute approximate surface area is 112 Å². The number of rotatable bonds is 5. The maximum Gasteiger partial charge on any atom is 0.414 e. The van der Waals surface area contributed by atoms with Gasteiger partial charge in [-0.25, -0.2) is 5.48 Å². The molecule has 1 rings (SSSR count). The number of carbonyl (C=O) groups excluding carboxylic acids is 1. The van der Waals surface area contributed by atoms with Gasteiger partial charge in [0, 0.05) is 0 Å². The summed E-state index contributed by atoms with van der Waals surface area (Å²) in [4.78, 5) is 15.4. The van der Waals surface area contributed by atoms with Crippen molar-refractivity contribution in [3.63, 3.8) is 0 Å². The van der Waals surface area contributed by atoms with E-state index in [2.05, 4.69) is 4.84 Å². The molecule has 1 unspecified atom stereocenters. The zero-order valence-electron chi connectivity index (χ0n) is 10.4. The fourth-order valence-corrected chi connectivity index (χ4v) is 1.18. The largest absolute Gasteiger partial charge is 0.479 e. The third kappa shape index (κ3) is 5.16. The normalized spacial score (nSPS) is 12.3. The molecule has 1 atom stereocenters. The summed E-state index contributed by atoms with van der Waals surface area (Å²) >= 11 is 0. The van der Waals surface area contributed by atoms with Gasteiger partial charge < -0.3 is 4.74 Å². The lowest BCUT2D eigenvalue weighted by Crippen LogP contribution is -2.38. The average Bonchev–Trinajstić information content (AvgIpc) is 2.37. The summed E-state index contributed by atoms with van der Waals surface area (Å²) in [7, 11) is 0. The number of nitrogens with one attached hydrogen (secondary N) is 1. The van der Waals surface area contributed by atoms with Crippen molar-refractivity contribution in [2.75, 3.05) is 6.61 Å². The van der Waals surface area contributed by atoms with E-state index in [-0.39, 0.29) is 11.3 Å². The number of ether oxygens (including phenoxy) is 1. The summed E-state index contributed by atoms with van der Waals surface area (Å²) in [6.07, 6.45) is -5.65. The molecule has 0 bridgehead atoms. The lowest BCUT2D eigenvalue weighted by molar-refractivity contribution is -0.193. The number of nitriles is 1. The van der Waals surface area contributed by atoms with Crippen LogP contribution in [0.1, 0.15) is 12.5 Å². The molecule has 0 aliphatic carbocycles. The van der Waals surface area contributed by atoms with E-state index in [0.717, 1.165) is 0 Å². The molecule has 0 aliphatic heterocycles. The first-order chi connectivity index (χ1) is 9.33. The average molecular weight is 288 g/mol. The van der Waals surface area contributed by atoms with E-state index in [4.69, 9.17) is 10.00 Å². The third-order valence-electron chi connectivity index (χ3n) is 2.09. The first-order valence-corrected chi connectivity index (χ1v) is 5.47. The lowest BCUT2D eigenvalue weighted by atomic mass is 10.2. The number of hydrogen-bond donors (Lipinski definition) is 1. The Bertz CT molecular complexity index is 511. The predicted molar refractivity (Wildman–Crippen MR) is 61.4 cm³/mol. The second kappa shape index (κ2) is 6.77. The lowest BCUT2D eigenvalue weighted by Gasteiger charge is -2.15. The number of benzene rings is 1. The molecule has 0 saturated heterocycles. The number of amides is 1. The minimum atomic E-state index is -4.54. The maximum atomic E-state index is 11.8. The van der Waals surface area contributed by atoms with Crippen molar-refractivity contribution in [3.8, 4) is 11.8 Å². The predicted octanol–water partition coefficient (Wildman–Crippen LogP) is 1.94. The first-order valence-electron chi connectivity index (χ1n) is 5.47. The van der Waals surface area contributed by atoms with Gasteiger partial charge in [-0.15, -0.1) is 0 Å². The molecule has 0 radical (unpaired) electrons. The molecule has 0 aromatic heterocycles. The van der Waals surface area contributed by atoms with E-state index in [9.17, 15) is 18.0 Å². The van der Waals surface area contributed by atoms with Crippen LogP contribution in [0.15, 0.2) is 24.3 Å². The van der Waals surface area contributed by atoms with E-state index in [1.807, 2.05) is 6.07 Å². The first kappa shape index (κ1) is 15.8. The number of carbonyl (C=O) groups is 1. The van der Waals surface area contributed by atoms with Crippen LogP contribution in [-0.4, -0.2) is 24.8 Å². The summed E-state index contributed by atoms with van der Waals surface area (Å²) < 4.78 is 40.6. The number of para-hydroxylation sites is 1. The van der Waals surface area contributed by atoms with Gasteiger partial charge in [-0.3, -0.25) is 9.63 Å². The molecule has 0 aliphatic rings. The molecule has 108 valence electrons. The standard InChI is InChI=1S/C12H11F3N2O3/c1-8(11(18)17-19-7-12(13,14)15)20-10-5-3-2-4-9(10)6-16/h2-5,8H,7H2,1H3,(H,17,18). The Morgan fingerprint density at radius 3 is 2.70 bits per heavy atom. The van der Waals surface area contributed by atoms with Crippen LogP contribution in [0.25, 0.3) is 0 Å². The minimum Gasteiger partial charge on any atom is -0.479 e. The van der Waals surface area contributed by atoms with E-state index < -0.39 is 24.8 Å². The molecule has 20 heavy (non-hydrogen) atoms. The molecule has 1 N–H and O–H groups in total. The molecular weight excluding hydrogens is 277 g/mol. The second-order valence-corrected chi connectivity index (χ2v) is 3.74. The molecular formula is C12H11F3N2O3. The molecule has 8 heteroatoms. The minimum absolute atomic E-state index is 0.161. The zero-order chi connectivity index (χ0) is 15.2. The molecule has 0 heterocycles. The van der Waals surface area contributed by atoms with E-state index in [1.165, 1.54) is 19.1 Å². The van der Waals surface area contributed by atoms with Crippen LogP contribution in [-0.2, 0) is 9.63 Å². The van der Waals surface area contributed by atoms with Gasteiger partial charge in [0.25, 0.3) is 5.91 Å². The summed E-state index contributed by atoms with van der Waals surface area (Å²) in [6, 6.07) is 8.04. The third-order valence-corrected chi connectivity index (χ3v) is 2.09. The number of hydroxylamine groups is 1. The van der Waals surface area contributed by atoms with Gasteiger partial charge >= 0.3 is 6.18 Å². The van der Waals surface area contributed by atoms with Crippen molar-refractivity contribution in [2.24, 2.45) is 0 Å². The molecule has 1 amide bonds. The highest BCUT2D eigenvalue weighted by atomic mass is 19.4. The summed E-state index contributed by atoms with van der Waals surface area (Å²) in [5, 5.41) is 8.82. The van der Waals surface area contributed by atoms with Crippen LogP contribution >= 0.6 is 0 Å². The van der Waals surface area contributed by atoms with Gasteiger partial charge in [-0.2, -0.15) is 18.4 Å². The summed E-state index contributed by atoms with van der Waals surface area (Å²) in [5.74, 6) is -0.726. The van der Waals surface area contributed by atoms with Gasteiger partial charge in [-0.1, -0.05) is 12.1 Å². The van der Waals surface area contributed by atoms with Crippen LogP contribution in [0.3, 0.4) is 0 Å². The van der Waals surface area contributed by atoms with E-state index >= 15 is 0 Å². The van der Waals surface area contributed by atoms with Crippen molar-refractivity contribution in [2.45, 2.75) is 19.2 Å². The highest BCUT2D eigenvalue weighted by molar-refractivity contribution is 5.79. The van der Waals surface area contributed by atoms with Gasteiger partial charge in [0.05, 0.1) is 5.56 Å². The SMILES string of the molecule is CC(Oc1ccccc1C#N)C(=O)NOCC(F)(F)F. The Balaban J connectivity index is 2.52. The van der Waals surface area contributed by atoms with Crippen molar-refractivity contribution in [1.29, 1.82) is 5.26 Å². The van der Waals surface area contributed by atoms with Crippen molar-refractivity contribution < 1.29 is 27.5 Å². The molecule has 0 spiro atoms. The van der Waals surface area contributed by atoms with E-state index in [0.29, 0.717) is 0 Å². The highest BCUT2D eigenvalue weighted by Gasteiger charge is 2.28. The number of hydrogen-bond acceptors (Lipinski definition) is 4. The van der Waals surface area contributed by atoms with Crippen LogP contribution in [0, 0.1) is 11.3 Å². The molecule has 0 saturated carbocycles. The van der Waals surface area contributed by atoms with E-state index in [1.54, 1.807) is 17.6 Å². The fraction of sp³-hybridized carbons (Fsp3) is 0.333. The van der Waals surface area contributed by atoms with Crippen LogP contribution in [0.4, 0.5) is 13.2 Å². The van der Waals surface area contributed by atoms with Crippen LogP contribution in [0.2, 0.25) is 0 Å². The van der Waals surface area contributed by atoms with Crippen molar-refractivity contribution >= 4 is 5.91 Å². The maximum absolute atomic E-state index is 11.8.